The highest BCUT2D eigenvalue weighted by Crippen LogP contribution is 2.39. The molecule has 0 saturated carbocycles. The quantitative estimate of drug-likeness (QED) is 0.842. The number of hydrogen-bond acceptors (Lipinski definition) is 2. The van der Waals surface area contributed by atoms with Crippen molar-refractivity contribution in [3.63, 3.8) is 0 Å². The Hall–Kier alpha value is -1.02. The first-order valence-corrected chi connectivity index (χ1v) is 6.27. The van der Waals surface area contributed by atoms with Crippen LogP contribution in [0.5, 0.6) is 0 Å². The molecule has 1 aromatic rings. The summed E-state index contributed by atoms with van der Waals surface area (Å²) in [6.45, 7) is 7.64. The van der Waals surface area contributed by atoms with Crippen molar-refractivity contribution in [1.82, 2.24) is 0 Å². The van der Waals surface area contributed by atoms with Crippen LogP contribution < -0.4 is 10.6 Å². The third-order valence-corrected chi connectivity index (χ3v) is 4.06. The van der Waals surface area contributed by atoms with Crippen molar-refractivity contribution >= 4 is 5.69 Å². The number of benzene rings is 1. The van der Waals surface area contributed by atoms with Gasteiger partial charge in [-0.1, -0.05) is 26.0 Å². The number of nitrogens with two attached hydrogens (primary N) is 1. The minimum atomic E-state index is 0.568. The van der Waals surface area contributed by atoms with Gasteiger partial charge in [0.1, 0.15) is 0 Å². The van der Waals surface area contributed by atoms with Crippen LogP contribution in [0.1, 0.15) is 32.3 Å². The van der Waals surface area contributed by atoms with Gasteiger partial charge in [-0.05, 0) is 30.5 Å². The lowest BCUT2D eigenvalue weighted by molar-refractivity contribution is 0.194. The molecule has 0 amide bonds. The van der Waals surface area contributed by atoms with Crippen LogP contribution in [0.4, 0.5) is 5.69 Å². The van der Waals surface area contributed by atoms with Crippen molar-refractivity contribution in [2.24, 2.45) is 11.1 Å². The van der Waals surface area contributed by atoms with Gasteiger partial charge in [0.2, 0.25) is 0 Å². The molecule has 1 heterocycles. The zero-order valence-corrected chi connectivity index (χ0v) is 10.4. The second-order valence-electron chi connectivity index (χ2n) is 4.94. The zero-order chi connectivity index (χ0) is 11.6. The summed E-state index contributed by atoms with van der Waals surface area (Å²) in [7, 11) is 0. The molecule has 0 spiro atoms. The normalized spacial score (nSPS) is 18.3. The van der Waals surface area contributed by atoms with Gasteiger partial charge in [-0.25, -0.2) is 0 Å². The Balaban J connectivity index is 2.05. The predicted molar refractivity (Wildman–Crippen MR) is 69.6 cm³/mol. The second-order valence-corrected chi connectivity index (χ2v) is 4.94. The van der Waals surface area contributed by atoms with Gasteiger partial charge in [-0.15, -0.1) is 0 Å². The van der Waals surface area contributed by atoms with E-state index in [9.17, 15) is 0 Å². The summed E-state index contributed by atoms with van der Waals surface area (Å²) in [4.78, 5) is 2.46. The van der Waals surface area contributed by atoms with Gasteiger partial charge in [0.25, 0.3) is 0 Å². The molecule has 0 unspecified atom stereocenters. The minimum Gasteiger partial charge on any atom is -0.370 e. The Morgan fingerprint density at radius 1 is 1.25 bits per heavy atom. The van der Waals surface area contributed by atoms with Crippen molar-refractivity contribution in [2.75, 3.05) is 18.0 Å². The van der Waals surface area contributed by atoms with Crippen molar-refractivity contribution in [1.29, 1.82) is 0 Å². The van der Waals surface area contributed by atoms with Crippen molar-refractivity contribution in [3.05, 3.63) is 29.8 Å². The molecule has 1 saturated heterocycles. The monoisotopic (exact) mass is 218 g/mol. The Morgan fingerprint density at radius 2 is 1.94 bits per heavy atom. The number of nitrogens with zero attached hydrogens (tertiary/aromatic N) is 1. The van der Waals surface area contributed by atoms with Crippen LogP contribution >= 0.6 is 0 Å². The molecule has 2 nitrogen and oxygen atoms in total. The lowest BCUT2D eigenvalue weighted by Crippen LogP contribution is -2.55. The highest BCUT2D eigenvalue weighted by atomic mass is 15.2. The molecule has 0 radical (unpaired) electrons. The van der Waals surface area contributed by atoms with E-state index in [1.807, 2.05) is 0 Å². The van der Waals surface area contributed by atoms with E-state index >= 15 is 0 Å². The summed E-state index contributed by atoms with van der Waals surface area (Å²) in [5.74, 6) is 0. The van der Waals surface area contributed by atoms with Crippen LogP contribution in [0.25, 0.3) is 0 Å². The predicted octanol–water partition coefficient (Wildman–Crippen LogP) is 2.77. The van der Waals surface area contributed by atoms with Crippen molar-refractivity contribution in [2.45, 2.75) is 33.2 Å². The highest BCUT2D eigenvalue weighted by Gasteiger charge is 2.39. The van der Waals surface area contributed by atoms with E-state index in [1.54, 1.807) is 0 Å². The molecule has 2 N–H and O–H groups in total. The standard InChI is InChI=1S/C14H22N2/c1-3-14(4-2)10-16(11-14)13-7-5-6-12(8-13)9-15/h5-8H,3-4,9-11,15H2,1-2H3. The molecule has 1 aliphatic rings. The molecule has 2 heteroatoms. The molecular weight excluding hydrogens is 196 g/mol. The lowest BCUT2D eigenvalue weighted by Gasteiger charge is -2.51. The molecule has 1 aliphatic heterocycles. The van der Waals surface area contributed by atoms with Crippen LogP contribution in [-0.4, -0.2) is 13.1 Å². The van der Waals surface area contributed by atoms with Crippen LogP contribution in [0.2, 0.25) is 0 Å². The van der Waals surface area contributed by atoms with E-state index in [-0.39, 0.29) is 0 Å². The van der Waals surface area contributed by atoms with Crippen LogP contribution in [0.3, 0.4) is 0 Å². The Bertz CT molecular complexity index is 348. The fraction of sp³-hybridized carbons (Fsp3) is 0.571. The minimum absolute atomic E-state index is 0.568. The fourth-order valence-corrected chi connectivity index (χ4v) is 2.52. The topological polar surface area (TPSA) is 29.3 Å². The molecule has 0 atom stereocenters. The summed E-state index contributed by atoms with van der Waals surface area (Å²) in [6.07, 6.45) is 2.58. The van der Waals surface area contributed by atoms with Crippen LogP contribution in [0, 0.1) is 5.41 Å². The maximum absolute atomic E-state index is 5.67. The maximum Gasteiger partial charge on any atom is 0.0369 e. The first-order valence-electron chi connectivity index (χ1n) is 6.27. The molecule has 88 valence electrons. The maximum atomic E-state index is 5.67. The average molecular weight is 218 g/mol. The molecule has 2 rings (SSSR count). The molecule has 16 heavy (non-hydrogen) atoms. The van der Waals surface area contributed by atoms with Crippen molar-refractivity contribution < 1.29 is 0 Å². The summed E-state index contributed by atoms with van der Waals surface area (Å²) < 4.78 is 0. The Morgan fingerprint density at radius 3 is 2.50 bits per heavy atom. The van der Waals surface area contributed by atoms with Gasteiger partial charge in [0.15, 0.2) is 0 Å². The van der Waals surface area contributed by atoms with E-state index in [1.165, 1.54) is 37.2 Å². The van der Waals surface area contributed by atoms with E-state index < -0.39 is 0 Å². The highest BCUT2D eigenvalue weighted by molar-refractivity contribution is 5.51. The number of hydrogen-bond donors (Lipinski definition) is 1. The number of anilines is 1. The first-order chi connectivity index (χ1) is 7.73. The first kappa shape index (κ1) is 11.5. The second kappa shape index (κ2) is 4.46. The summed E-state index contributed by atoms with van der Waals surface area (Å²) in [5, 5.41) is 0. The van der Waals surface area contributed by atoms with E-state index in [2.05, 4.69) is 43.0 Å². The van der Waals surface area contributed by atoms with Gasteiger partial charge < -0.3 is 10.6 Å². The summed E-state index contributed by atoms with van der Waals surface area (Å²) in [6, 6.07) is 8.61. The SMILES string of the molecule is CCC1(CC)CN(c2cccc(CN)c2)C1. The molecule has 1 fully saturated rings. The average Bonchev–Trinajstić information content (AvgIpc) is 2.29. The van der Waals surface area contributed by atoms with Crippen LogP contribution in [-0.2, 0) is 6.54 Å². The smallest absolute Gasteiger partial charge is 0.0369 e. The Kier molecular flexibility index (Phi) is 3.20. The molecule has 0 aromatic heterocycles. The third-order valence-electron chi connectivity index (χ3n) is 4.06. The van der Waals surface area contributed by atoms with Gasteiger partial charge in [-0.3, -0.25) is 0 Å². The Labute approximate surface area is 98.4 Å². The van der Waals surface area contributed by atoms with E-state index in [0.29, 0.717) is 12.0 Å². The molecular formula is C14H22N2. The fourth-order valence-electron chi connectivity index (χ4n) is 2.52. The van der Waals surface area contributed by atoms with Gasteiger partial charge in [-0.2, -0.15) is 0 Å². The van der Waals surface area contributed by atoms with E-state index in [0.717, 1.165) is 0 Å². The van der Waals surface area contributed by atoms with Gasteiger partial charge >= 0.3 is 0 Å². The van der Waals surface area contributed by atoms with E-state index in [4.69, 9.17) is 5.73 Å². The lowest BCUT2D eigenvalue weighted by atomic mass is 9.75. The van der Waals surface area contributed by atoms with Gasteiger partial charge in [0, 0.05) is 30.7 Å². The summed E-state index contributed by atoms with van der Waals surface area (Å²) in [5.41, 5.74) is 8.79. The number of rotatable bonds is 4. The van der Waals surface area contributed by atoms with Crippen molar-refractivity contribution in [3.8, 4) is 0 Å². The molecule has 0 aliphatic carbocycles. The third kappa shape index (κ3) is 1.94. The largest absolute Gasteiger partial charge is 0.370 e. The zero-order valence-electron chi connectivity index (χ0n) is 10.4. The van der Waals surface area contributed by atoms with Crippen LogP contribution in [0.15, 0.2) is 24.3 Å². The molecule has 0 bridgehead atoms. The molecule has 1 aromatic carbocycles. The van der Waals surface area contributed by atoms with Gasteiger partial charge in [0.05, 0.1) is 0 Å². The summed E-state index contributed by atoms with van der Waals surface area (Å²) >= 11 is 0.